The summed E-state index contributed by atoms with van der Waals surface area (Å²) in [5, 5.41) is 3.74. The molecule has 0 radical (unpaired) electrons. The van der Waals surface area contributed by atoms with Gasteiger partial charge in [-0.25, -0.2) is 0 Å². The number of nitrogens with one attached hydrogen (secondary N) is 1. The molecule has 11 heavy (non-hydrogen) atoms. The Balaban J connectivity index is 1.62. The normalized spacial score (nSPS) is 48.5. The van der Waals surface area contributed by atoms with E-state index in [-0.39, 0.29) is 0 Å². The number of hydrogen-bond acceptors (Lipinski definition) is 2. The van der Waals surface area contributed by atoms with Gasteiger partial charge in [0.05, 0.1) is 0 Å². The highest BCUT2D eigenvalue weighted by Gasteiger charge is 2.39. The predicted molar refractivity (Wildman–Crippen MR) is 44.5 cm³/mol. The molecular weight excluding hydrogens is 136 g/mol. The lowest BCUT2D eigenvalue weighted by atomic mass is 10.0. The minimum Gasteiger partial charge on any atom is -0.310 e. The molecule has 0 amide bonds. The first-order chi connectivity index (χ1) is 5.42. The minimum absolute atomic E-state index is 0.858. The van der Waals surface area contributed by atoms with Gasteiger partial charge in [-0.1, -0.05) is 0 Å². The molecule has 0 aromatic rings. The molecule has 3 fully saturated rings. The molecule has 3 unspecified atom stereocenters. The van der Waals surface area contributed by atoms with E-state index in [4.69, 9.17) is 0 Å². The summed E-state index contributed by atoms with van der Waals surface area (Å²) in [6, 6.07) is 1.76. The van der Waals surface area contributed by atoms with Crippen LogP contribution in [0, 0.1) is 5.92 Å². The third-order valence-electron chi connectivity index (χ3n) is 3.36. The summed E-state index contributed by atoms with van der Waals surface area (Å²) in [4.78, 5) is 2.60. The fourth-order valence-electron chi connectivity index (χ4n) is 2.53. The topological polar surface area (TPSA) is 15.3 Å². The van der Waals surface area contributed by atoms with E-state index in [1.165, 1.54) is 38.9 Å². The average Bonchev–Trinajstić information content (AvgIpc) is 2.61. The lowest BCUT2D eigenvalue weighted by Gasteiger charge is -2.22. The number of piperidine rings is 1. The zero-order valence-corrected chi connectivity index (χ0v) is 6.92. The molecule has 2 bridgehead atoms. The third kappa shape index (κ3) is 1.09. The van der Waals surface area contributed by atoms with Crippen molar-refractivity contribution in [2.45, 2.75) is 31.3 Å². The molecule has 2 nitrogen and oxygen atoms in total. The summed E-state index contributed by atoms with van der Waals surface area (Å²) in [6.45, 7) is 4.08. The Hall–Kier alpha value is -0.0800. The van der Waals surface area contributed by atoms with Gasteiger partial charge < -0.3 is 10.2 Å². The maximum atomic E-state index is 3.74. The Morgan fingerprint density at radius 1 is 1.09 bits per heavy atom. The van der Waals surface area contributed by atoms with Crippen LogP contribution in [0.3, 0.4) is 0 Å². The molecule has 0 aromatic heterocycles. The van der Waals surface area contributed by atoms with Gasteiger partial charge in [0.15, 0.2) is 0 Å². The largest absolute Gasteiger partial charge is 0.310 e. The maximum Gasteiger partial charge on any atom is 0.0238 e. The fourth-order valence-corrected chi connectivity index (χ4v) is 2.53. The average molecular weight is 152 g/mol. The molecule has 1 saturated carbocycles. The van der Waals surface area contributed by atoms with E-state index < -0.39 is 0 Å². The lowest BCUT2D eigenvalue weighted by molar-refractivity contribution is 0.314. The van der Waals surface area contributed by atoms with Crippen molar-refractivity contribution in [1.82, 2.24) is 10.2 Å². The maximum absolute atomic E-state index is 3.74. The van der Waals surface area contributed by atoms with Crippen LogP contribution in [-0.4, -0.2) is 36.6 Å². The van der Waals surface area contributed by atoms with Gasteiger partial charge in [-0.3, -0.25) is 0 Å². The Morgan fingerprint density at radius 3 is 2.55 bits per heavy atom. The van der Waals surface area contributed by atoms with Crippen molar-refractivity contribution in [1.29, 1.82) is 0 Å². The van der Waals surface area contributed by atoms with Gasteiger partial charge in [0.25, 0.3) is 0 Å². The van der Waals surface area contributed by atoms with Crippen LogP contribution in [0.15, 0.2) is 0 Å². The summed E-state index contributed by atoms with van der Waals surface area (Å²) >= 11 is 0. The van der Waals surface area contributed by atoms with Gasteiger partial charge in [-0.05, 0) is 31.7 Å². The molecule has 62 valence electrons. The number of nitrogens with zero attached hydrogens (tertiary/aromatic N) is 1. The molecule has 3 aliphatic rings. The van der Waals surface area contributed by atoms with Crippen molar-refractivity contribution in [3.63, 3.8) is 0 Å². The fraction of sp³-hybridized carbons (Fsp3) is 1.00. The predicted octanol–water partition coefficient (Wildman–Crippen LogP) is 0.442. The molecular formula is C9H16N2. The monoisotopic (exact) mass is 152 g/mol. The van der Waals surface area contributed by atoms with E-state index in [1.54, 1.807) is 0 Å². The number of rotatable bonds is 2. The van der Waals surface area contributed by atoms with Gasteiger partial charge in [0.1, 0.15) is 0 Å². The Labute approximate surface area is 68.0 Å². The number of fused-ring (bicyclic) bond motifs is 2. The first-order valence-corrected chi connectivity index (χ1v) is 4.90. The van der Waals surface area contributed by atoms with E-state index in [1.807, 2.05) is 0 Å². The van der Waals surface area contributed by atoms with Crippen LogP contribution >= 0.6 is 0 Å². The SMILES string of the molecule is C1CC1NC1CN2CCC1C2. The van der Waals surface area contributed by atoms with Crippen LogP contribution in [0.1, 0.15) is 19.3 Å². The van der Waals surface area contributed by atoms with E-state index in [0.29, 0.717) is 0 Å². The second kappa shape index (κ2) is 2.20. The van der Waals surface area contributed by atoms with E-state index >= 15 is 0 Å². The highest BCUT2D eigenvalue weighted by molar-refractivity contribution is 4.98. The smallest absolute Gasteiger partial charge is 0.0238 e. The second-order valence-electron chi connectivity index (χ2n) is 4.36. The molecule has 2 saturated heterocycles. The van der Waals surface area contributed by atoms with Crippen LogP contribution < -0.4 is 5.32 Å². The Kier molecular flexibility index (Phi) is 1.29. The molecule has 3 rings (SSSR count). The van der Waals surface area contributed by atoms with E-state index in [9.17, 15) is 0 Å². The van der Waals surface area contributed by atoms with Crippen LogP contribution in [0.25, 0.3) is 0 Å². The summed E-state index contributed by atoms with van der Waals surface area (Å²) < 4.78 is 0. The lowest BCUT2D eigenvalue weighted by Crippen LogP contribution is -2.40. The van der Waals surface area contributed by atoms with E-state index in [0.717, 1.165) is 18.0 Å². The Bertz CT molecular complexity index is 165. The second-order valence-corrected chi connectivity index (χ2v) is 4.36. The third-order valence-corrected chi connectivity index (χ3v) is 3.36. The molecule has 1 aliphatic carbocycles. The van der Waals surface area contributed by atoms with Crippen molar-refractivity contribution in [3.8, 4) is 0 Å². The van der Waals surface area contributed by atoms with Crippen LogP contribution in [-0.2, 0) is 0 Å². The molecule has 0 spiro atoms. The van der Waals surface area contributed by atoms with Crippen LogP contribution in [0.5, 0.6) is 0 Å². The van der Waals surface area contributed by atoms with Crippen LogP contribution in [0.2, 0.25) is 0 Å². The first kappa shape index (κ1) is 6.44. The summed E-state index contributed by atoms with van der Waals surface area (Å²) in [5.74, 6) is 0.996. The summed E-state index contributed by atoms with van der Waals surface area (Å²) in [6.07, 6.45) is 4.32. The van der Waals surface area contributed by atoms with Crippen molar-refractivity contribution in [3.05, 3.63) is 0 Å². The molecule has 2 heteroatoms. The van der Waals surface area contributed by atoms with E-state index in [2.05, 4.69) is 10.2 Å². The molecule has 3 atom stereocenters. The van der Waals surface area contributed by atoms with Gasteiger partial charge in [-0.15, -0.1) is 0 Å². The summed E-state index contributed by atoms with van der Waals surface area (Å²) in [5.41, 5.74) is 0. The van der Waals surface area contributed by atoms with Crippen molar-refractivity contribution in [2.75, 3.05) is 19.6 Å². The summed E-state index contributed by atoms with van der Waals surface area (Å²) in [7, 11) is 0. The van der Waals surface area contributed by atoms with Crippen LogP contribution in [0.4, 0.5) is 0 Å². The molecule has 2 heterocycles. The Morgan fingerprint density at radius 2 is 2.00 bits per heavy atom. The number of hydrogen-bond donors (Lipinski definition) is 1. The zero-order chi connectivity index (χ0) is 7.26. The van der Waals surface area contributed by atoms with Crippen molar-refractivity contribution >= 4 is 0 Å². The molecule has 1 N–H and O–H groups in total. The van der Waals surface area contributed by atoms with Crippen molar-refractivity contribution < 1.29 is 0 Å². The highest BCUT2D eigenvalue weighted by Crippen LogP contribution is 2.30. The zero-order valence-electron chi connectivity index (χ0n) is 6.92. The standard InChI is InChI=1S/C9H16N2/c1-2-8(1)10-9-6-11-4-3-7(9)5-11/h7-10H,1-6H2. The molecule has 2 aliphatic heterocycles. The van der Waals surface area contributed by atoms with Gasteiger partial charge in [-0.2, -0.15) is 0 Å². The quantitative estimate of drug-likeness (QED) is 0.618. The van der Waals surface area contributed by atoms with Gasteiger partial charge in [0, 0.05) is 25.2 Å². The molecule has 0 aromatic carbocycles. The van der Waals surface area contributed by atoms with Crippen molar-refractivity contribution in [2.24, 2.45) is 5.92 Å². The van der Waals surface area contributed by atoms with Gasteiger partial charge >= 0.3 is 0 Å². The first-order valence-electron chi connectivity index (χ1n) is 4.90. The highest BCUT2D eigenvalue weighted by atomic mass is 15.2. The minimum atomic E-state index is 0.858. The van der Waals surface area contributed by atoms with Gasteiger partial charge in [0.2, 0.25) is 0 Å².